The lowest BCUT2D eigenvalue weighted by molar-refractivity contribution is -0.152. The summed E-state index contributed by atoms with van der Waals surface area (Å²) in [7, 11) is 0. The van der Waals surface area contributed by atoms with Gasteiger partial charge < -0.3 is 4.74 Å². The first kappa shape index (κ1) is 12.7. The first-order valence-electron chi connectivity index (χ1n) is 5.94. The number of esters is 1. The molecule has 100 valence electrons. The Morgan fingerprint density at radius 3 is 3.05 bits per heavy atom. The first-order valence-corrected chi connectivity index (χ1v) is 7.30. The van der Waals surface area contributed by atoms with Gasteiger partial charge in [-0.05, 0) is 12.1 Å². The summed E-state index contributed by atoms with van der Waals surface area (Å²) < 4.78 is 5.35. The molecule has 1 aromatic rings. The highest BCUT2D eigenvalue weighted by atomic mass is 35.5. The molecule has 3 rings (SSSR count). The molecule has 1 amide bonds. The van der Waals surface area contributed by atoms with E-state index in [9.17, 15) is 9.59 Å². The molecule has 0 aliphatic carbocycles. The number of thioether (sulfide) groups is 1. The molecule has 19 heavy (non-hydrogen) atoms. The number of nitrogens with zero attached hydrogens (tertiary/aromatic N) is 2. The number of halogens is 1. The Morgan fingerprint density at radius 2 is 2.32 bits per heavy atom. The fraction of sp³-hybridized carbons (Fsp3) is 0.417. The van der Waals surface area contributed by atoms with Gasteiger partial charge in [0, 0.05) is 6.42 Å². The average Bonchev–Trinajstić information content (AvgIpc) is 2.62. The molecule has 1 unspecified atom stereocenters. The van der Waals surface area contributed by atoms with Gasteiger partial charge in [0.05, 0.1) is 11.4 Å². The number of hydrogen-bond donors (Lipinski definition) is 0. The Balaban J connectivity index is 2.13. The summed E-state index contributed by atoms with van der Waals surface area (Å²) in [4.78, 5) is 29.3. The molecule has 0 saturated carbocycles. The van der Waals surface area contributed by atoms with Gasteiger partial charge in [-0.25, -0.2) is 9.78 Å². The van der Waals surface area contributed by atoms with Gasteiger partial charge >= 0.3 is 11.9 Å². The summed E-state index contributed by atoms with van der Waals surface area (Å²) >= 11 is 7.31. The number of carbonyl (C=O) groups is 2. The van der Waals surface area contributed by atoms with Gasteiger partial charge in [0.15, 0.2) is 0 Å². The van der Waals surface area contributed by atoms with Crippen molar-refractivity contribution in [3.8, 4) is 0 Å². The number of rotatable bonds is 2. The maximum atomic E-state index is 12.0. The van der Waals surface area contributed by atoms with Crippen LogP contribution in [0.15, 0.2) is 17.2 Å². The van der Waals surface area contributed by atoms with Crippen molar-refractivity contribution in [3.63, 3.8) is 0 Å². The van der Waals surface area contributed by atoms with E-state index in [1.165, 1.54) is 16.7 Å². The van der Waals surface area contributed by atoms with Crippen molar-refractivity contribution in [2.24, 2.45) is 0 Å². The van der Waals surface area contributed by atoms with Crippen LogP contribution in [0.5, 0.6) is 0 Å². The molecule has 7 heteroatoms. The lowest BCUT2D eigenvalue weighted by atomic mass is 10.1. The van der Waals surface area contributed by atoms with E-state index in [1.54, 1.807) is 12.1 Å². The van der Waals surface area contributed by atoms with Gasteiger partial charge in [-0.1, -0.05) is 36.7 Å². The number of carbonyl (C=O) groups excluding carboxylic acids is 2. The summed E-state index contributed by atoms with van der Waals surface area (Å²) in [6.45, 7) is 1.99. The normalized spacial score (nSPS) is 25.1. The summed E-state index contributed by atoms with van der Waals surface area (Å²) in [5.74, 6) is -0.936. The first-order chi connectivity index (χ1) is 9.07. The topological polar surface area (TPSA) is 59.5 Å². The van der Waals surface area contributed by atoms with Crippen molar-refractivity contribution in [1.82, 2.24) is 4.98 Å². The molecule has 5 nitrogen and oxygen atoms in total. The molecule has 2 aliphatic heterocycles. The van der Waals surface area contributed by atoms with Gasteiger partial charge in [-0.3, -0.25) is 9.69 Å². The Kier molecular flexibility index (Phi) is 2.94. The highest BCUT2D eigenvalue weighted by molar-refractivity contribution is 7.99. The molecular formula is C12H11ClN2O3S. The van der Waals surface area contributed by atoms with Crippen molar-refractivity contribution in [1.29, 1.82) is 0 Å². The van der Waals surface area contributed by atoms with E-state index < -0.39 is 17.6 Å². The highest BCUT2D eigenvalue weighted by Crippen LogP contribution is 2.46. The zero-order valence-electron chi connectivity index (χ0n) is 10.2. The van der Waals surface area contributed by atoms with Crippen LogP contribution in [0.4, 0.5) is 5.69 Å². The van der Waals surface area contributed by atoms with Crippen LogP contribution in [0.1, 0.15) is 19.8 Å². The van der Waals surface area contributed by atoms with Crippen molar-refractivity contribution in [3.05, 3.63) is 17.3 Å². The van der Waals surface area contributed by atoms with E-state index >= 15 is 0 Å². The Hall–Kier alpha value is -1.27. The molecule has 0 aromatic carbocycles. The van der Waals surface area contributed by atoms with Gasteiger partial charge in [0.2, 0.25) is 5.72 Å². The number of hydrogen-bond acceptors (Lipinski definition) is 5. The number of aromatic nitrogens is 1. The quantitative estimate of drug-likeness (QED) is 0.476. The number of anilines is 1. The fourth-order valence-electron chi connectivity index (χ4n) is 2.45. The summed E-state index contributed by atoms with van der Waals surface area (Å²) in [5, 5.41) is 1.03. The number of pyridine rings is 1. The van der Waals surface area contributed by atoms with Crippen LogP contribution < -0.4 is 4.90 Å². The predicted octanol–water partition coefficient (Wildman–Crippen LogP) is 2.23. The molecule has 0 N–H and O–H groups in total. The Labute approximate surface area is 119 Å². The lowest BCUT2D eigenvalue weighted by Crippen LogP contribution is -2.51. The Morgan fingerprint density at radius 1 is 1.53 bits per heavy atom. The van der Waals surface area contributed by atoms with E-state index in [1.807, 2.05) is 6.92 Å². The fourth-order valence-corrected chi connectivity index (χ4v) is 3.82. The lowest BCUT2D eigenvalue weighted by Gasteiger charge is -2.39. The minimum atomic E-state index is -0.865. The number of fused-ring (bicyclic) bond motifs is 3. The molecule has 1 aromatic heterocycles. The number of ether oxygens (including phenoxy) is 1. The van der Waals surface area contributed by atoms with E-state index in [2.05, 4.69) is 4.98 Å². The summed E-state index contributed by atoms with van der Waals surface area (Å²) in [5.41, 5.74) is -0.263. The Bertz CT molecular complexity index is 580. The summed E-state index contributed by atoms with van der Waals surface area (Å²) in [6, 6.07) is 3.32. The van der Waals surface area contributed by atoms with Crippen LogP contribution in [0.3, 0.4) is 0 Å². The summed E-state index contributed by atoms with van der Waals surface area (Å²) in [6.07, 6.45) is 1.42. The van der Waals surface area contributed by atoms with Gasteiger partial charge in [0.1, 0.15) is 10.2 Å². The molecule has 3 heterocycles. The van der Waals surface area contributed by atoms with Crippen molar-refractivity contribution < 1.29 is 14.3 Å². The number of amides is 1. The van der Waals surface area contributed by atoms with E-state index in [-0.39, 0.29) is 0 Å². The standard InChI is InChI=1S/C12H11ClN2O3S/c1-2-5-12-6-19-9-7(3-4-8(13)14-9)15(12)10(16)11(17)18-12/h3-4H,2,5-6H2,1H3. The maximum Gasteiger partial charge on any atom is 0.399 e. The van der Waals surface area contributed by atoms with E-state index in [0.29, 0.717) is 28.0 Å². The van der Waals surface area contributed by atoms with Crippen molar-refractivity contribution in [2.75, 3.05) is 10.7 Å². The van der Waals surface area contributed by atoms with E-state index in [4.69, 9.17) is 16.3 Å². The maximum absolute atomic E-state index is 12.0. The van der Waals surface area contributed by atoms with Crippen LogP contribution in [0.25, 0.3) is 0 Å². The average molecular weight is 299 g/mol. The zero-order chi connectivity index (χ0) is 13.6. The zero-order valence-corrected chi connectivity index (χ0v) is 11.8. The second-order valence-electron chi connectivity index (χ2n) is 4.47. The van der Waals surface area contributed by atoms with Crippen molar-refractivity contribution in [2.45, 2.75) is 30.5 Å². The van der Waals surface area contributed by atoms with Gasteiger partial charge in [-0.2, -0.15) is 0 Å². The molecule has 1 atom stereocenters. The molecule has 0 radical (unpaired) electrons. The van der Waals surface area contributed by atoms with Crippen LogP contribution in [0.2, 0.25) is 5.15 Å². The minimum absolute atomic E-state index is 0.369. The van der Waals surface area contributed by atoms with Crippen LogP contribution in [0, 0.1) is 0 Å². The molecule has 0 spiro atoms. The molecule has 2 aliphatic rings. The minimum Gasteiger partial charge on any atom is -0.430 e. The van der Waals surface area contributed by atoms with Gasteiger partial charge in [0.25, 0.3) is 0 Å². The largest absolute Gasteiger partial charge is 0.430 e. The molecular weight excluding hydrogens is 288 g/mol. The van der Waals surface area contributed by atoms with Crippen molar-refractivity contribution >= 4 is 40.9 Å². The third-order valence-electron chi connectivity index (χ3n) is 3.19. The predicted molar refractivity (Wildman–Crippen MR) is 71.2 cm³/mol. The van der Waals surface area contributed by atoms with E-state index in [0.717, 1.165) is 6.42 Å². The third kappa shape index (κ3) is 1.81. The SMILES string of the molecule is CCCC12CSc3nc(Cl)ccc3N1C(=O)C(=O)O2. The highest BCUT2D eigenvalue weighted by Gasteiger charge is 2.56. The smallest absolute Gasteiger partial charge is 0.399 e. The molecule has 1 fully saturated rings. The van der Waals surface area contributed by atoms with Crippen LogP contribution >= 0.6 is 23.4 Å². The molecule has 1 saturated heterocycles. The monoisotopic (exact) mass is 298 g/mol. The van der Waals surface area contributed by atoms with Gasteiger partial charge in [-0.15, -0.1) is 0 Å². The van der Waals surface area contributed by atoms with Crippen LogP contribution in [-0.4, -0.2) is 28.3 Å². The van der Waals surface area contributed by atoms with Crippen LogP contribution in [-0.2, 0) is 14.3 Å². The molecule has 0 bridgehead atoms. The second-order valence-corrected chi connectivity index (χ2v) is 5.82. The third-order valence-corrected chi connectivity index (χ3v) is 4.57. The second kappa shape index (κ2) is 4.38.